The molecule has 0 aliphatic rings. The van der Waals surface area contributed by atoms with E-state index in [0.29, 0.717) is 0 Å². The number of alkyl halides is 1. The Bertz CT molecular complexity index is 439. The van der Waals surface area contributed by atoms with Crippen molar-refractivity contribution in [2.45, 2.75) is 17.9 Å². The van der Waals surface area contributed by atoms with Gasteiger partial charge in [0.05, 0.1) is 5.75 Å². The van der Waals surface area contributed by atoms with Gasteiger partial charge in [-0.25, -0.2) is 9.18 Å². The van der Waals surface area contributed by atoms with Gasteiger partial charge in [-0.05, 0) is 18.6 Å². The van der Waals surface area contributed by atoms with Gasteiger partial charge in [-0.3, -0.25) is 4.79 Å². The zero-order valence-corrected chi connectivity index (χ0v) is 10.7. The molecule has 0 radical (unpaired) electrons. The third-order valence-corrected chi connectivity index (χ3v) is 3.42. The van der Waals surface area contributed by atoms with Crippen molar-refractivity contribution in [3.05, 3.63) is 29.8 Å². The third kappa shape index (κ3) is 4.37. The Hall–Kier alpha value is -1.56. The summed E-state index contributed by atoms with van der Waals surface area (Å²) < 4.78 is 12.3. The average molecular weight is 271 g/mol. The molecular weight excluding hydrogens is 257 g/mol. The monoisotopic (exact) mass is 271 g/mol. The molecule has 0 aliphatic carbocycles. The molecular formula is C12H14FNO3S. The molecule has 0 fully saturated rings. The number of hydrogen-bond acceptors (Lipinski definition) is 3. The molecule has 0 spiro atoms. The Kier molecular flexibility index (Phi) is 5.64. The number of benzene rings is 1. The topological polar surface area (TPSA) is 66.4 Å². The summed E-state index contributed by atoms with van der Waals surface area (Å²) in [7, 11) is 0. The maximum absolute atomic E-state index is 12.3. The lowest BCUT2D eigenvalue weighted by Gasteiger charge is -2.10. The van der Waals surface area contributed by atoms with Crippen molar-refractivity contribution in [1.29, 1.82) is 0 Å². The molecule has 1 amide bonds. The molecule has 1 unspecified atom stereocenters. The van der Waals surface area contributed by atoms with Gasteiger partial charge in [0, 0.05) is 4.90 Å². The van der Waals surface area contributed by atoms with Crippen LogP contribution in [0.15, 0.2) is 29.2 Å². The molecule has 1 rings (SSSR count). The number of hydrogen-bond donors (Lipinski definition) is 2. The van der Waals surface area contributed by atoms with Crippen LogP contribution in [0.2, 0.25) is 0 Å². The molecule has 1 aromatic carbocycles. The van der Waals surface area contributed by atoms with Gasteiger partial charge in [-0.1, -0.05) is 18.2 Å². The summed E-state index contributed by atoms with van der Waals surface area (Å²) in [5.74, 6) is -1.80. The third-order valence-electron chi connectivity index (χ3n) is 2.24. The number of carboxylic acid groups (broad SMARTS) is 1. The van der Waals surface area contributed by atoms with E-state index in [1.54, 1.807) is 0 Å². The largest absolute Gasteiger partial charge is 0.480 e. The van der Waals surface area contributed by atoms with Crippen LogP contribution in [0, 0.1) is 6.92 Å². The van der Waals surface area contributed by atoms with E-state index in [1.165, 1.54) is 11.8 Å². The first-order chi connectivity index (χ1) is 8.54. The number of amides is 1. The minimum atomic E-state index is -1.46. The summed E-state index contributed by atoms with van der Waals surface area (Å²) in [6.07, 6.45) is 0. The highest BCUT2D eigenvalue weighted by Gasteiger charge is 2.19. The molecule has 1 aromatic rings. The second-order valence-corrected chi connectivity index (χ2v) is 4.68. The van der Waals surface area contributed by atoms with Crippen molar-refractivity contribution in [1.82, 2.24) is 5.32 Å². The second kappa shape index (κ2) is 7.00. The number of carbonyl (C=O) groups excluding carboxylic acids is 1. The molecule has 18 heavy (non-hydrogen) atoms. The van der Waals surface area contributed by atoms with Crippen LogP contribution < -0.4 is 5.32 Å². The summed E-state index contributed by atoms with van der Waals surface area (Å²) in [5.41, 5.74) is 1.04. The summed E-state index contributed by atoms with van der Waals surface area (Å²) in [4.78, 5) is 22.9. The number of carboxylic acids is 1. The van der Waals surface area contributed by atoms with Gasteiger partial charge in [0.2, 0.25) is 5.91 Å². The minimum absolute atomic E-state index is 0.0641. The van der Waals surface area contributed by atoms with E-state index in [4.69, 9.17) is 5.11 Å². The Labute approximate surface area is 109 Å². The van der Waals surface area contributed by atoms with Crippen LogP contribution in [0.4, 0.5) is 4.39 Å². The molecule has 98 valence electrons. The predicted octanol–water partition coefficient (Wildman–Crippen LogP) is 1.63. The van der Waals surface area contributed by atoms with Crippen LogP contribution in [0.1, 0.15) is 5.56 Å². The molecule has 0 saturated heterocycles. The van der Waals surface area contributed by atoms with E-state index in [9.17, 15) is 14.0 Å². The summed E-state index contributed by atoms with van der Waals surface area (Å²) in [5, 5.41) is 10.7. The van der Waals surface area contributed by atoms with E-state index >= 15 is 0 Å². The van der Waals surface area contributed by atoms with Crippen molar-refractivity contribution in [2.75, 3.05) is 12.4 Å². The maximum atomic E-state index is 12.3. The van der Waals surface area contributed by atoms with Crippen molar-refractivity contribution < 1.29 is 19.1 Å². The smallest absolute Gasteiger partial charge is 0.328 e. The van der Waals surface area contributed by atoms with Gasteiger partial charge in [0.15, 0.2) is 6.04 Å². The first-order valence-electron chi connectivity index (χ1n) is 5.31. The normalized spacial score (nSPS) is 11.9. The molecule has 0 heterocycles. The number of thioether (sulfide) groups is 1. The van der Waals surface area contributed by atoms with Crippen LogP contribution in [-0.4, -0.2) is 35.5 Å². The van der Waals surface area contributed by atoms with Crippen molar-refractivity contribution in [2.24, 2.45) is 0 Å². The van der Waals surface area contributed by atoms with Gasteiger partial charge >= 0.3 is 5.97 Å². The van der Waals surface area contributed by atoms with E-state index in [1.807, 2.05) is 31.2 Å². The molecule has 6 heteroatoms. The summed E-state index contributed by atoms with van der Waals surface area (Å²) in [6, 6.07) is 6.08. The molecule has 4 nitrogen and oxygen atoms in total. The standard InChI is InChI=1S/C12H14FNO3S/c1-8-4-2-3-5-10(8)18-7-11(15)14-9(6-13)12(16)17/h2-5,9H,6-7H2,1H3,(H,14,15)(H,16,17). The number of aliphatic carboxylic acids is 1. The molecule has 0 bridgehead atoms. The Morgan fingerprint density at radius 1 is 1.44 bits per heavy atom. The van der Waals surface area contributed by atoms with E-state index in [-0.39, 0.29) is 5.75 Å². The van der Waals surface area contributed by atoms with Crippen LogP contribution in [0.25, 0.3) is 0 Å². The highest BCUT2D eigenvalue weighted by atomic mass is 32.2. The van der Waals surface area contributed by atoms with Gasteiger partial charge in [0.25, 0.3) is 0 Å². The van der Waals surface area contributed by atoms with Gasteiger partial charge in [-0.15, -0.1) is 11.8 Å². The SMILES string of the molecule is Cc1ccccc1SCC(=O)NC(CF)C(=O)O. The van der Waals surface area contributed by atoms with Crippen LogP contribution >= 0.6 is 11.8 Å². The first kappa shape index (κ1) is 14.5. The van der Waals surface area contributed by atoms with Crippen molar-refractivity contribution >= 4 is 23.6 Å². The predicted molar refractivity (Wildman–Crippen MR) is 67.4 cm³/mol. The molecule has 1 atom stereocenters. The van der Waals surface area contributed by atoms with E-state index in [0.717, 1.165) is 10.5 Å². The fraction of sp³-hybridized carbons (Fsp3) is 0.333. The Balaban J connectivity index is 2.47. The number of nitrogens with one attached hydrogen (secondary N) is 1. The minimum Gasteiger partial charge on any atom is -0.480 e. The Morgan fingerprint density at radius 2 is 2.11 bits per heavy atom. The summed E-state index contributed by atoms with van der Waals surface area (Å²) in [6.45, 7) is 0.804. The fourth-order valence-electron chi connectivity index (χ4n) is 1.26. The Morgan fingerprint density at radius 3 is 2.67 bits per heavy atom. The first-order valence-corrected chi connectivity index (χ1v) is 6.29. The molecule has 2 N–H and O–H groups in total. The molecule has 0 saturated carbocycles. The highest BCUT2D eigenvalue weighted by molar-refractivity contribution is 8.00. The summed E-state index contributed by atoms with van der Waals surface area (Å²) >= 11 is 1.29. The van der Waals surface area contributed by atoms with Crippen molar-refractivity contribution in [3.63, 3.8) is 0 Å². The zero-order chi connectivity index (χ0) is 13.5. The van der Waals surface area contributed by atoms with Crippen LogP contribution in [0.5, 0.6) is 0 Å². The average Bonchev–Trinajstić information content (AvgIpc) is 2.34. The zero-order valence-electron chi connectivity index (χ0n) is 9.85. The highest BCUT2D eigenvalue weighted by Crippen LogP contribution is 2.21. The van der Waals surface area contributed by atoms with Gasteiger partial charge in [0.1, 0.15) is 6.67 Å². The van der Waals surface area contributed by atoms with Crippen LogP contribution in [0.3, 0.4) is 0 Å². The number of halogens is 1. The fourth-order valence-corrected chi connectivity index (χ4v) is 2.10. The van der Waals surface area contributed by atoms with E-state index < -0.39 is 24.6 Å². The lowest BCUT2D eigenvalue weighted by Crippen LogP contribution is -2.43. The van der Waals surface area contributed by atoms with E-state index in [2.05, 4.69) is 5.32 Å². The number of rotatable bonds is 6. The number of carbonyl (C=O) groups is 2. The quantitative estimate of drug-likeness (QED) is 0.772. The van der Waals surface area contributed by atoms with Gasteiger partial charge < -0.3 is 10.4 Å². The number of aryl methyl sites for hydroxylation is 1. The second-order valence-electron chi connectivity index (χ2n) is 3.67. The lowest BCUT2D eigenvalue weighted by molar-refractivity contribution is -0.141. The van der Waals surface area contributed by atoms with Gasteiger partial charge in [-0.2, -0.15) is 0 Å². The van der Waals surface area contributed by atoms with Crippen LogP contribution in [-0.2, 0) is 9.59 Å². The molecule has 0 aliphatic heterocycles. The maximum Gasteiger partial charge on any atom is 0.328 e. The molecule has 0 aromatic heterocycles. The van der Waals surface area contributed by atoms with Crippen molar-refractivity contribution in [3.8, 4) is 0 Å². The lowest BCUT2D eigenvalue weighted by atomic mass is 10.2.